The number of hydrogen-bond acceptors (Lipinski definition) is 5. The smallest absolute Gasteiger partial charge is 0.307 e. The Morgan fingerprint density at radius 2 is 1.90 bits per heavy atom. The van der Waals surface area contributed by atoms with Crippen LogP contribution in [0.15, 0.2) is 12.1 Å². The van der Waals surface area contributed by atoms with Crippen LogP contribution in [0.25, 0.3) is 11.0 Å². The summed E-state index contributed by atoms with van der Waals surface area (Å²) < 4.78 is 17.5. The molecular formula is C13H16N2O4S. The zero-order valence-electron chi connectivity index (χ0n) is 11.6. The second-order valence-corrected chi connectivity index (χ2v) is 4.52. The Bertz CT molecular complexity index is 689. The summed E-state index contributed by atoms with van der Waals surface area (Å²) >= 11 is 5.27. The van der Waals surface area contributed by atoms with Gasteiger partial charge in [0.2, 0.25) is 0 Å². The zero-order valence-corrected chi connectivity index (χ0v) is 12.4. The van der Waals surface area contributed by atoms with E-state index in [2.05, 4.69) is 9.72 Å². The molecule has 7 heteroatoms. The van der Waals surface area contributed by atoms with Crippen LogP contribution < -0.4 is 9.47 Å². The second-order valence-electron chi connectivity index (χ2n) is 4.13. The molecule has 6 nitrogen and oxygen atoms in total. The quantitative estimate of drug-likeness (QED) is 0.677. The Balaban J connectivity index is 2.47. The monoisotopic (exact) mass is 296 g/mol. The third kappa shape index (κ3) is 2.62. The maximum Gasteiger partial charge on any atom is 0.307 e. The normalized spacial score (nSPS) is 10.6. The van der Waals surface area contributed by atoms with Crippen molar-refractivity contribution in [2.24, 2.45) is 0 Å². The minimum atomic E-state index is -0.276. The van der Waals surface area contributed by atoms with Gasteiger partial charge < -0.3 is 23.8 Å². The van der Waals surface area contributed by atoms with E-state index in [9.17, 15) is 4.79 Å². The predicted molar refractivity (Wildman–Crippen MR) is 76.9 cm³/mol. The topological polar surface area (TPSA) is 65.5 Å². The molecule has 0 bridgehead atoms. The lowest BCUT2D eigenvalue weighted by Crippen LogP contribution is -2.07. The van der Waals surface area contributed by atoms with Crippen molar-refractivity contribution in [1.29, 1.82) is 0 Å². The van der Waals surface area contributed by atoms with Crippen LogP contribution in [0.4, 0.5) is 0 Å². The van der Waals surface area contributed by atoms with Gasteiger partial charge in [0.1, 0.15) is 0 Å². The number of aromatic amines is 1. The minimum Gasteiger partial charge on any atom is -0.493 e. The van der Waals surface area contributed by atoms with E-state index in [1.54, 1.807) is 14.2 Å². The summed E-state index contributed by atoms with van der Waals surface area (Å²) in [5.74, 6) is 0.957. The van der Waals surface area contributed by atoms with Gasteiger partial charge >= 0.3 is 5.97 Å². The summed E-state index contributed by atoms with van der Waals surface area (Å²) in [5.41, 5.74) is 1.69. The number of fused-ring (bicyclic) bond motifs is 1. The van der Waals surface area contributed by atoms with Gasteiger partial charge in [0.15, 0.2) is 16.3 Å². The SMILES string of the molecule is COC(=O)CCn1c(=S)[nH]c2cc(OC)c(OC)cc21. The highest BCUT2D eigenvalue weighted by molar-refractivity contribution is 7.71. The Kier molecular flexibility index (Phi) is 4.29. The summed E-state index contributed by atoms with van der Waals surface area (Å²) in [6.07, 6.45) is 0.256. The maximum absolute atomic E-state index is 11.3. The minimum absolute atomic E-state index is 0.256. The molecule has 0 spiro atoms. The Labute approximate surface area is 121 Å². The molecule has 0 radical (unpaired) electrons. The highest BCUT2D eigenvalue weighted by atomic mass is 32.1. The number of benzene rings is 1. The molecule has 1 aromatic carbocycles. The van der Waals surface area contributed by atoms with Gasteiger partial charge in [-0.05, 0) is 12.2 Å². The van der Waals surface area contributed by atoms with Crippen molar-refractivity contribution in [1.82, 2.24) is 9.55 Å². The molecule has 0 fully saturated rings. The molecule has 0 unspecified atom stereocenters. The number of methoxy groups -OCH3 is 3. The van der Waals surface area contributed by atoms with Crippen molar-refractivity contribution in [3.05, 3.63) is 16.9 Å². The van der Waals surface area contributed by atoms with E-state index < -0.39 is 0 Å². The Hall–Kier alpha value is -2.02. The molecule has 0 saturated carbocycles. The lowest BCUT2D eigenvalue weighted by Gasteiger charge is -2.09. The fourth-order valence-corrected chi connectivity index (χ4v) is 2.31. The highest BCUT2D eigenvalue weighted by Crippen LogP contribution is 2.31. The fraction of sp³-hybridized carbons (Fsp3) is 0.385. The van der Waals surface area contributed by atoms with Crippen molar-refractivity contribution in [3.63, 3.8) is 0 Å². The van der Waals surface area contributed by atoms with Crippen LogP contribution in [0, 0.1) is 4.77 Å². The molecule has 1 aromatic heterocycles. The molecule has 2 rings (SSSR count). The molecule has 0 aliphatic rings. The number of rotatable bonds is 5. The number of nitrogens with zero attached hydrogens (tertiary/aromatic N) is 1. The van der Waals surface area contributed by atoms with Gasteiger partial charge in [-0.15, -0.1) is 0 Å². The van der Waals surface area contributed by atoms with E-state index >= 15 is 0 Å². The summed E-state index contributed by atoms with van der Waals surface area (Å²) in [6.45, 7) is 0.445. The van der Waals surface area contributed by atoms with E-state index in [1.807, 2.05) is 16.7 Å². The average Bonchev–Trinajstić information content (AvgIpc) is 2.77. The van der Waals surface area contributed by atoms with Crippen molar-refractivity contribution >= 4 is 29.2 Å². The van der Waals surface area contributed by atoms with Gasteiger partial charge in [-0.1, -0.05) is 0 Å². The van der Waals surface area contributed by atoms with Crippen LogP contribution in [-0.2, 0) is 16.1 Å². The van der Waals surface area contributed by atoms with Gasteiger partial charge in [-0.2, -0.15) is 0 Å². The lowest BCUT2D eigenvalue weighted by molar-refractivity contribution is -0.140. The number of esters is 1. The van der Waals surface area contributed by atoms with E-state index in [0.717, 1.165) is 11.0 Å². The average molecular weight is 296 g/mol. The van der Waals surface area contributed by atoms with Crippen molar-refractivity contribution in [3.8, 4) is 11.5 Å². The first-order valence-corrected chi connectivity index (χ1v) is 6.43. The molecule has 108 valence electrons. The first kappa shape index (κ1) is 14.4. The fourth-order valence-electron chi connectivity index (χ4n) is 2.01. The zero-order chi connectivity index (χ0) is 14.7. The first-order chi connectivity index (χ1) is 9.60. The van der Waals surface area contributed by atoms with Crippen molar-refractivity contribution in [2.75, 3.05) is 21.3 Å². The molecule has 0 atom stereocenters. The van der Waals surface area contributed by atoms with E-state index in [1.165, 1.54) is 7.11 Å². The molecule has 0 amide bonds. The first-order valence-electron chi connectivity index (χ1n) is 6.02. The summed E-state index contributed by atoms with van der Waals surface area (Å²) in [7, 11) is 4.51. The number of imidazole rings is 1. The van der Waals surface area contributed by atoms with Crippen molar-refractivity contribution < 1.29 is 19.0 Å². The van der Waals surface area contributed by atoms with Gasteiger partial charge in [0.05, 0.1) is 38.8 Å². The molecule has 0 aliphatic carbocycles. The number of hydrogen-bond donors (Lipinski definition) is 1. The second kappa shape index (κ2) is 5.96. The number of carbonyl (C=O) groups is 1. The molecule has 1 heterocycles. The number of carbonyl (C=O) groups excluding carboxylic acids is 1. The molecule has 0 saturated heterocycles. The summed E-state index contributed by atoms with van der Waals surface area (Å²) in [4.78, 5) is 14.3. The van der Waals surface area contributed by atoms with Gasteiger partial charge in [0.25, 0.3) is 0 Å². The van der Waals surface area contributed by atoms with Crippen LogP contribution in [-0.4, -0.2) is 36.8 Å². The molecule has 0 aliphatic heterocycles. The molecule has 20 heavy (non-hydrogen) atoms. The van der Waals surface area contributed by atoms with Crippen LogP contribution in [0.2, 0.25) is 0 Å². The van der Waals surface area contributed by atoms with Gasteiger partial charge in [-0.3, -0.25) is 4.79 Å². The van der Waals surface area contributed by atoms with E-state index in [0.29, 0.717) is 22.8 Å². The van der Waals surface area contributed by atoms with Crippen LogP contribution in [0.3, 0.4) is 0 Å². The molecule has 1 N–H and O–H groups in total. The van der Waals surface area contributed by atoms with Crippen LogP contribution in [0.5, 0.6) is 11.5 Å². The Morgan fingerprint density at radius 1 is 1.25 bits per heavy atom. The third-order valence-corrected chi connectivity index (χ3v) is 3.37. The highest BCUT2D eigenvalue weighted by Gasteiger charge is 2.12. The third-order valence-electron chi connectivity index (χ3n) is 3.05. The summed E-state index contributed by atoms with van der Waals surface area (Å²) in [6, 6.07) is 3.65. The Morgan fingerprint density at radius 3 is 2.50 bits per heavy atom. The maximum atomic E-state index is 11.3. The molecular weight excluding hydrogens is 280 g/mol. The molecule has 2 aromatic rings. The summed E-state index contributed by atoms with van der Waals surface area (Å²) in [5, 5.41) is 0. The standard InChI is InChI=1S/C13H16N2O4S/c1-17-10-6-8-9(7-11(10)18-2)15(13(20)14-8)5-4-12(16)19-3/h6-7H,4-5H2,1-3H3,(H,14,20). The van der Waals surface area contributed by atoms with Crippen LogP contribution in [0.1, 0.15) is 6.42 Å². The number of aryl methyl sites for hydroxylation is 1. The number of aromatic nitrogens is 2. The number of ether oxygens (including phenoxy) is 3. The number of H-pyrrole nitrogens is 1. The van der Waals surface area contributed by atoms with E-state index in [4.69, 9.17) is 21.7 Å². The van der Waals surface area contributed by atoms with Gasteiger partial charge in [-0.25, -0.2) is 0 Å². The van der Waals surface area contributed by atoms with Crippen molar-refractivity contribution in [2.45, 2.75) is 13.0 Å². The van der Waals surface area contributed by atoms with E-state index in [-0.39, 0.29) is 12.4 Å². The van der Waals surface area contributed by atoms with Crippen LogP contribution >= 0.6 is 12.2 Å². The largest absolute Gasteiger partial charge is 0.493 e. The number of nitrogens with one attached hydrogen (secondary N) is 1. The van der Waals surface area contributed by atoms with Gasteiger partial charge in [0, 0.05) is 18.7 Å². The predicted octanol–water partition coefficient (Wildman–Crippen LogP) is 2.28. The lowest BCUT2D eigenvalue weighted by atomic mass is 10.2.